The molecular weight excluding hydrogens is 571 g/mol. The van der Waals surface area contributed by atoms with Gasteiger partial charge in [-0.2, -0.15) is 13.2 Å². The number of urea groups is 1. The second kappa shape index (κ2) is 12.2. The van der Waals surface area contributed by atoms with Crippen LogP contribution < -0.4 is 20.1 Å². The summed E-state index contributed by atoms with van der Waals surface area (Å²) >= 11 is 3.42. The summed E-state index contributed by atoms with van der Waals surface area (Å²) in [6.07, 6.45) is -1.06. The number of likely N-dealkylation sites (N-methyl/N-ethyl adjacent to an activating group) is 1. The Morgan fingerprint density at radius 1 is 1.08 bits per heavy atom. The Hall–Kier alpha value is -2.99. The molecule has 2 amide bonds. The number of likely N-dealkylation sites (tertiary alicyclic amines) is 1. The van der Waals surface area contributed by atoms with Crippen molar-refractivity contribution in [2.75, 3.05) is 33.1 Å². The minimum absolute atomic E-state index is 0.0780. The number of ether oxygens (including phenoxy) is 2. The number of alkyl halides is 3. The van der Waals surface area contributed by atoms with Gasteiger partial charge in [0.25, 0.3) is 0 Å². The summed E-state index contributed by atoms with van der Waals surface area (Å²) < 4.78 is 43.7. The largest absolute Gasteiger partial charge is 0.493 e. The highest BCUT2D eigenvalue weighted by Crippen LogP contribution is 2.49. The zero-order valence-corrected chi connectivity index (χ0v) is 22.9. The van der Waals surface area contributed by atoms with E-state index in [0.29, 0.717) is 6.04 Å². The molecular formula is C26H31BrF3N3O5. The van der Waals surface area contributed by atoms with Crippen molar-refractivity contribution in [1.82, 2.24) is 10.2 Å². The van der Waals surface area contributed by atoms with Gasteiger partial charge in [-0.25, -0.2) is 9.59 Å². The number of rotatable bonds is 5. The highest BCUT2D eigenvalue weighted by atomic mass is 79.9. The van der Waals surface area contributed by atoms with Crippen molar-refractivity contribution in [1.29, 1.82) is 0 Å². The standard InChI is InChI=1S/C24H30BrN3O3.C2HF3O2/c1-28-13-12-24(16-4-9-20(30-2)21(14-16)31-3)11-10-19(15-22(24)28)27-23(29)26-18-7-5-17(25)6-8-18;3-2(4,5)1(6)7/h4-9,14,19,22H,10-13,15H2,1-3H3,(H2,26,27,29);(H,6,7). The summed E-state index contributed by atoms with van der Waals surface area (Å²) in [6, 6.07) is 14.3. The third-order valence-electron chi connectivity index (χ3n) is 7.17. The van der Waals surface area contributed by atoms with Crippen LogP contribution in [-0.2, 0) is 10.2 Å². The van der Waals surface area contributed by atoms with Gasteiger partial charge in [0.05, 0.1) is 14.2 Å². The lowest BCUT2D eigenvalue weighted by Crippen LogP contribution is -2.52. The van der Waals surface area contributed by atoms with Crippen molar-refractivity contribution >= 4 is 33.6 Å². The first kappa shape index (κ1) is 29.6. The molecule has 2 aromatic rings. The van der Waals surface area contributed by atoms with Gasteiger partial charge in [-0.1, -0.05) is 22.0 Å². The van der Waals surface area contributed by atoms with Crippen molar-refractivity contribution in [3.8, 4) is 11.5 Å². The summed E-state index contributed by atoms with van der Waals surface area (Å²) in [4.78, 5) is 23.9. The molecule has 2 fully saturated rings. The molecule has 2 aromatic carbocycles. The predicted molar refractivity (Wildman–Crippen MR) is 140 cm³/mol. The lowest BCUT2D eigenvalue weighted by atomic mass is 9.65. The molecule has 0 aromatic heterocycles. The average Bonchev–Trinajstić information content (AvgIpc) is 3.21. The second-order valence-electron chi connectivity index (χ2n) is 9.35. The van der Waals surface area contributed by atoms with Crippen LogP contribution in [0.25, 0.3) is 0 Å². The molecule has 38 heavy (non-hydrogen) atoms. The van der Waals surface area contributed by atoms with Crippen LogP contribution in [0.4, 0.5) is 23.7 Å². The van der Waals surface area contributed by atoms with Crippen molar-refractivity contribution in [2.24, 2.45) is 0 Å². The molecule has 1 aliphatic heterocycles. The highest BCUT2D eigenvalue weighted by Gasteiger charge is 2.50. The number of hydrogen-bond donors (Lipinski definition) is 3. The highest BCUT2D eigenvalue weighted by molar-refractivity contribution is 9.10. The number of hydrogen-bond acceptors (Lipinski definition) is 5. The van der Waals surface area contributed by atoms with E-state index in [-0.39, 0.29) is 17.5 Å². The molecule has 8 nitrogen and oxygen atoms in total. The van der Waals surface area contributed by atoms with Crippen LogP contribution in [0.1, 0.15) is 31.2 Å². The SMILES string of the molecule is COc1ccc(C23CCC(NC(=O)Nc4ccc(Br)cc4)CC2N(C)CC3)cc1OC.O=C(O)C(F)(F)F. The van der Waals surface area contributed by atoms with Crippen molar-refractivity contribution < 1.29 is 37.3 Å². The van der Waals surface area contributed by atoms with Crippen LogP contribution in [0.15, 0.2) is 46.9 Å². The number of carboxylic acid groups (broad SMARTS) is 1. The molecule has 208 valence electrons. The molecule has 3 atom stereocenters. The first-order valence-corrected chi connectivity index (χ1v) is 12.7. The van der Waals surface area contributed by atoms with Gasteiger partial charge < -0.3 is 30.1 Å². The second-order valence-corrected chi connectivity index (χ2v) is 10.3. The number of fused-ring (bicyclic) bond motifs is 1. The van der Waals surface area contributed by atoms with Gasteiger partial charge in [-0.3, -0.25) is 0 Å². The first-order chi connectivity index (χ1) is 17.9. The van der Waals surface area contributed by atoms with E-state index in [1.165, 1.54) is 5.56 Å². The molecule has 12 heteroatoms. The van der Waals surface area contributed by atoms with E-state index in [1.54, 1.807) is 14.2 Å². The number of aliphatic carboxylic acids is 1. The maximum Gasteiger partial charge on any atom is 0.490 e. The number of carboxylic acids is 1. The molecule has 1 saturated carbocycles. The fraction of sp³-hybridized carbons (Fsp3) is 0.462. The fourth-order valence-electron chi connectivity index (χ4n) is 5.28. The van der Waals surface area contributed by atoms with Gasteiger partial charge in [0.1, 0.15) is 0 Å². The van der Waals surface area contributed by atoms with E-state index in [4.69, 9.17) is 19.4 Å². The Morgan fingerprint density at radius 3 is 2.29 bits per heavy atom. The first-order valence-electron chi connectivity index (χ1n) is 12.0. The molecule has 4 rings (SSSR count). The van der Waals surface area contributed by atoms with Crippen LogP contribution in [0, 0.1) is 0 Å². The summed E-state index contributed by atoms with van der Waals surface area (Å²) in [7, 11) is 5.54. The molecule has 2 aliphatic rings. The molecule has 1 heterocycles. The van der Waals surface area contributed by atoms with Gasteiger partial charge in [-0.05, 0) is 81.2 Å². The number of carbonyl (C=O) groups excluding carboxylic acids is 1. The maximum atomic E-state index is 12.6. The molecule has 0 radical (unpaired) electrons. The van der Waals surface area contributed by atoms with E-state index in [9.17, 15) is 18.0 Å². The molecule has 3 N–H and O–H groups in total. The third-order valence-corrected chi connectivity index (χ3v) is 7.69. The number of amides is 2. The number of anilines is 1. The predicted octanol–water partition coefficient (Wildman–Crippen LogP) is 5.42. The Morgan fingerprint density at radius 2 is 1.71 bits per heavy atom. The third kappa shape index (κ3) is 6.90. The normalized spacial score (nSPS) is 22.9. The monoisotopic (exact) mass is 601 g/mol. The minimum atomic E-state index is -5.08. The topological polar surface area (TPSA) is 100 Å². The van der Waals surface area contributed by atoms with Crippen molar-refractivity contribution in [3.63, 3.8) is 0 Å². The Bertz CT molecular complexity index is 1130. The number of methoxy groups -OCH3 is 2. The van der Waals surface area contributed by atoms with E-state index >= 15 is 0 Å². The summed E-state index contributed by atoms with van der Waals surface area (Å²) in [6.45, 7) is 1.05. The number of nitrogens with one attached hydrogen (secondary N) is 2. The van der Waals surface area contributed by atoms with Gasteiger partial charge in [0.2, 0.25) is 0 Å². The van der Waals surface area contributed by atoms with Crippen molar-refractivity contribution in [3.05, 3.63) is 52.5 Å². The van der Waals surface area contributed by atoms with Crippen LogP contribution >= 0.6 is 15.9 Å². The zero-order valence-electron chi connectivity index (χ0n) is 21.3. The van der Waals surface area contributed by atoms with Crippen LogP contribution in [0.3, 0.4) is 0 Å². The van der Waals surface area contributed by atoms with Crippen LogP contribution in [-0.4, -0.2) is 68.1 Å². The molecule has 1 aliphatic carbocycles. The number of carbonyl (C=O) groups is 2. The van der Waals surface area contributed by atoms with E-state index in [1.807, 2.05) is 30.3 Å². The Kier molecular flexibility index (Phi) is 9.53. The quantitative estimate of drug-likeness (QED) is 0.423. The van der Waals surface area contributed by atoms with Gasteiger partial charge in [0, 0.05) is 27.7 Å². The minimum Gasteiger partial charge on any atom is -0.493 e. The Labute approximate surface area is 227 Å². The smallest absolute Gasteiger partial charge is 0.490 e. The molecule has 0 spiro atoms. The summed E-state index contributed by atoms with van der Waals surface area (Å²) in [5.41, 5.74) is 2.17. The number of halogens is 4. The van der Waals surface area contributed by atoms with Gasteiger partial charge in [-0.15, -0.1) is 0 Å². The van der Waals surface area contributed by atoms with E-state index in [0.717, 1.165) is 53.9 Å². The zero-order chi connectivity index (χ0) is 28.1. The molecule has 0 bridgehead atoms. The lowest BCUT2D eigenvalue weighted by Gasteiger charge is -2.45. The fourth-order valence-corrected chi connectivity index (χ4v) is 5.54. The van der Waals surface area contributed by atoms with E-state index in [2.05, 4.69) is 50.6 Å². The summed E-state index contributed by atoms with van der Waals surface area (Å²) in [5.74, 6) is -1.23. The van der Waals surface area contributed by atoms with Gasteiger partial charge >= 0.3 is 18.2 Å². The van der Waals surface area contributed by atoms with Crippen molar-refractivity contribution in [2.45, 2.75) is 49.4 Å². The average molecular weight is 602 g/mol. The van der Waals surface area contributed by atoms with Crippen LogP contribution in [0.2, 0.25) is 0 Å². The Balaban J connectivity index is 0.000000505. The molecule has 1 saturated heterocycles. The summed E-state index contributed by atoms with van der Waals surface area (Å²) in [5, 5.41) is 13.3. The lowest BCUT2D eigenvalue weighted by molar-refractivity contribution is -0.192. The van der Waals surface area contributed by atoms with Crippen LogP contribution in [0.5, 0.6) is 11.5 Å². The van der Waals surface area contributed by atoms with Gasteiger partial charge in [0.15, 0.2) is 11.5 Å². The number of nitrogens with zero attached hydrogens (tertiary/aromatic N) is 1. The number of benzene rings is 2. The van der Waals surface area contributed by atoms with E-state index < -0.39 is 12.1 Å². The maximum absolute atomic E-state index is 12.6. The molecule has 3 unspecified atom stereocenters.